The maximum Gasteiger partial charge on any atom is 0.205 e. The molecular weight excluding hydrogens is 152 g/mol. The molecule has 1 aromatic heterocycles. The van der Waals surface area contributed by atoms with E-state index in [1.165, 1.54) is 0 Å². The van der Waals surface area contributed by atoms with E-state index in [0.717, 1.165) is 32.1 Å². The van der Waals surface area contributed by atoms with Crippen molar-refractivity contribution < 1.29 is 0 Å². The highest BCUT2D eigenvalue weighted by atomic mass is 15.3. The van der Waals surface area contributed by atoms with Crippen LogP contribution in [-0.4, -0.2) is 35.7 Å². The predicted octanol–water partition coefficient (Wildman–Crippen LogP) is -0.170. The van der Waals surface area contributed by atoms with Crippen molar-refractivity contribution in [2.75, 3.05) is 31.1 Å². The minimum Gasteiger partial charge on any atom is -0.340 e. The lowest BCUT2D eigenvalue weighted by atomic mass is 10.4. The van der Waals surface area contributed by atoms with Crippen LogP contribution < -0.4 is 10.2 Å². The highest BCUT2D eigenvalue weighted by Gasteiger charge is 2.12. The Labute approximate surface area is 72.2 Å². The third-order valence-electron chi connectivity index (χ3n) is 2.20. The maximum absolute atomic E-state index is 4.30. The number of nitrogens with one attached hydrogen (secondary N) is 1. The topological polar surface area (TPSA) is 33.1 Å². The first-order valence-corrected chi connectivity index (χ1v) is 4.31. The van der Waals surface area contributed by atoms with Crippen molar-refractivity contribution in [2.24, 2.45) is 7.05 Å². The van der Waals surface area contributed by atoms with Gasteiger partial charge in [-0.2, -0.15) is 0 Å². The molecule has 0 spiro atoms. The van der Waals surface area contributed by atoms with Gasteiger partial charge in [0.15, 0.2) is 0 Å². The minimum absolute atomic E-state index is 1.06. The summed E-state index contributed by atoms with van der Waals surface area (Å²) in [6.07, 6.45) is 3.83. The lowest BCUT2D eigenvalue weighted by Crippen LogP contribution is -2.44. The van der Waals surface area contributed by atoms with Crippen molar-refractivity contribution >= 4 is 5.95 Å². The van der Waals surface area contributed by atoms with Crippen molar-refractivity contribution in [3.05, 3.63) is 12.4 Å². The fraction of sp³-hybridized carbons (Fsp3) is 0.625. The summed E-state index contributed by atoms with van der Waals surface area (Å²) in [5.74, 6) is 1.08. The van der Waals surface area contributed by atoms with Crippen LogP contribution in [0, 0.1) is 0 Å². The molecule has 2 heterocycles. The SMILES string of the molecule is Cn1ccnc1N1CCNCC1. The molecule has 1 aromatic rings. The number of hydrogen-bond donors (Lipinski definition) is 1. The maximum atomic E-state index is 4.30. The van der Waals surface area contributed by atoms with Gasteiger partial charge in [0.25, 0.3) is 0 Å². The molecule has 0 aliphatic carbocycles. The summed E-state index contributed by atoms with van der Waals surface area (Å²) in [7, 11) is 2.03. The molecule has 1 aliphatic heterocycles. The molecule has 4 heteroatoms. The second kappa shape index (κ2) is 3.15. The molecule has 0 saturated carbocycles. The molecule has 1 N–H and O–H groups in total. The molecule has 1 fully saturated rings. The minimum atomic E-state index is 1.06. The predicted molar refractivity (Wildman–Crippen MR) is 48.3 cm³/mol. The molecule has 66 valence electrons. The average molecular weight is 166 g/mol. The zero-order valence-corrected chi connectivity index (χ0v) is 7.32. The van der Waals surface area contributed by atoms with Gasteiger partial charge in [0, 0.05) is 45.6 Å². The van der Waals surface area contributed by atoms with E-state index < -0.39 is 0 Å². The Balaban J connectivity index is 2.13. The van der Waals surface area contributed by atoms with Crippen LogP contribution in [0.5, 0.6) is 0 Å². The summed E-state index contributed by atoms with van der Waals surface area (Å²) in [6.45, 7) is 4.25. The van der Waals surface area contributed by atoms with Crippen LogP contribution >= 0.6 is 0 Å². The van der Waals surface area contributed by atoms with E-state index in [9.17, 15) is 0 Å². The average Bonchev–Trinajstić information content (AvgIpc) is 2.53. The molecule has 4 nitrogen and oxygen atoms in total. The first kappa shape index (κ1) is 7.61. The molecule has 0 aromatic carbocycles. The molecule has 0 unspecified atom stereocenters. The lowest BCUT2D eigenvalue weighted by molar-refractivity contribution is 0.574. The first-order chi connectivity index (χ1) is 5.88. The normalized spacial score (nSPS) is 18.2. The number of piperazine rings is 1. The Bertz CT molecular complexity index is 249. The Morgan fingerprint density at radius 3 is 2.75 bits per heavy atom. The Hall–Kier alpha value is -1.03. The van der Waals surface area contributed by atoms with Crippen LogP contribution in [-0.2, 0) is 7.05 Å². The van der Waals surface area contributed by atoms with Crippen LogP contribution in [0.3, 0.4) is 0 Å². The van der Waals surface area contributed by atoms with Gasteiger partial charge in [-0.1, -0.05) is 0 Å². The van der Waals surface area contributed by atoms with E-state index >= 15 is 0 Å². The Morgan fingerprint density at radius 2 is 2.17 bits per heavy atom. The van der Waals surface area contributed by atoms with Crippen LogP contribution in [0.4, 0.5) is 5.95 Å². The van der Waals surface area contributed by atoms with Crippen LogP contribution in [0.2, 0.25) is 0 Å². The number of anilines is 1. The number of aromatic nitrogens is 2. The highest BCUT2D eigenvalue weighted by Crippen LogP contribution is 2.09. The third kappa shape index (κ3) is 1.30. The van der Waals surface area contributed by atoms with Crippen LogP contribution in [0.15, 0.2) is 12.4 Å². The van der Waals surface area contributed by atoms with Gasteiger partial charge in [-0.25, -0.2) is 4.98 Å². The summed E-state index contributed by atoms with van der Waals surface area (Å²) >= 11 is 0. The molecule has 1 aliphatic rings. The molecule has 0 amide bonds. The summed E-state index contributed by atoms with van der Waals surface area (Å²) in [6, 6.07) is 0. The van der Waals surface area contributed by atoms with Crippen LogP contribution in [0.25, 0.3) is 0 Å². The number of rotatable bonds is 1. The van der Waals surface area contributed by atoms with Gasteiger partial charge in [-0.05, 0) is 0 Å². The van der Waals surface area contributed by atoms with E-state index in [1.807, 2.05) is 19.4 Å². The first-order valence-electron chi connectivity index (χ1n) is 4.31. The summed E-state index contributed by atoms with van der Waals surface area (Å²) in [5.41, 5.74) is 0. The summed E-state index contributed by atoms with van der Waals surface area (Å²) in [5, 5.41) is 3.32. The monoisotopic (exact) mass is 166 g/mol. The van der Waals surface area contributed by atoms with Gasteiger partial charge in [-0.15, -0.1) is 0 Å². The lowest BCUT2D eigenvalue weighted by Gasteiger charge is -2.28. The molecular formula is C8H14N4. The third-order valence-corrected chi connectivity index (χ3v) is 2.20. The Kier molecular flexibility index (Phi) is 1.99. The van der Waals surface area contributed by atoms with Gasteiger partial charge in [-0.3, -0.25) is 0 Å². The number of nitrogens with zero attached hydrogens (tertiary/aromatic N) is 3. The summed E-state index contributed by atoms with van der Waals surface area (Å²) < 4.78 is 2.06. The van der Waals surface area contributed by atoms with Crippen molar-refractivity contribution in [1.82, 2.24) is 14.9 Å². The number of hydrogen-bond acceptors (Lipinski definition) is 3. The molecule has 12 heavy (non-hydrogen) atoms. The van der Waals surface area contributed by atoms with Crippen LogP contribution in [0.1, 0.15) is 0 Å². The smallest absolute Gasteiger partial charge is 0.205 e. The zero-order chi connectivity index (χ0) is 8.39. The van der Waals surface area contributed by atoms with Crippen molar-refractivity contribution in [1.29, 1.82) is 0 Å². The van der Waals surface area contributed by atoms with E-state index in [2.05, 4.69) is 19.8 Å². The Morgan fingerprint density at radius 1 is 1.42 bits per heavy atom. The van der Waals surface area contributed by atoms with Gasteiger partial charge < -0.3 is 14.8 Å². The van der Waals surface area contributed by atoms with Crippen molar-refractivity contribution in [3.63, 3.8) is 0 Å². The van der Waals surface area contributed by atoms with Crippen molar-refractivity contribution in [2.45, 2.75) is 0 Å². The van der Waals surface area contributed by atoms with E-state index in [-0.39, 0.29) is 0 Å². The fourth-order valence-corrected chi connectivity index (χ4v) is 1.53. The molecule has 2 rings (SSSR count). The molecule has 1 saturated heterocycles. The van der Waals surface area contributed by atoms with Gasteiger partial charge in [0.1, 0.15) is 0 Å². The highest BCUT2D eigenvalue weighted by molar-refractivity contribution is 5.31. The molecule has 0 bridgehead atoms. The van der Waals surface area contributed by atoms with Gasteiger partial charge in [0.2, 0.25) is 5.95 Å². The molecule has 0 atom stereocenters. The number of aryl methyl sites for hydroxylation is 1. The van der Waals surface area contributed by atoms with Gasteiger partial charge in [0.05, 0.1) is 0 Å². The van der Waals surface area contributed by atoms with E-state index in [0.29, 0.717) is 0 Å². The summed E-state index contributed by atoms with van der Waals surface area (Å²) in [4.78, 5) is 6.60. The molecule has 0 radical (unpaired) electrons. The van der Waals surface area contributed by atoms with Gasteiger partial charge >= 0.3 is 0 Å². The largest absolute Gasteiger partial charge is 0.340 e. The fourth-order valence-electron chi connectivity index (χ4n) is 1.53. The van der Waals surface area contributed by atoms with Crippen molar-refractivity contribution in [3.8, 4) is 0 Å². The standard InChI is InChI=1S/C8H14N4/c1-11-5-4-10-8(11)12-6-2-9-3-7-12/h4-5,9H,2-3,6-7H2,1H3. The second-order valence-corrected chi connectivity index (χ2v) is 3.08. The second-order valence-electron chi connectivity index (χ2n) is 3.08. The zero-order valence-electron chi connectivity index (χ0n) is 7.32. The number of imidazole rings is 1. The van der Waals surface area contributed by atoms with E-state index in [4.69, 9.17) is 0 Å². The van der Waals surface area contributed by atoms with E-state index in [1.54, 1.807) is 0 Å². The quantitative estimate of drug-likeness (QED) is 0.629.